The number of hydrogen-bond acceptors (Lipinski definition) is 3. The van der Waals surface area contributed by atoms with Gasteiger partial charge in [0.15, 0.2) is 0 Å². The number of benzene rings is 2. The molecule has 1 saturated heterocycles. The third kappa shape index (κ3) is 2.52. The molecule has 0 unspecified atom stereocenters. The number of carbonyl (C=O) groups is 1. The zero-order valence-corrected chi connectivity index (χ0v) is 13.7. The van der Waals surface area contributed by atoms with Crippen molar-refractivity contribution in [1.82, 2.24) is 4.90 Å². The minimum absolute atomic E-state index is 0.301. The number of rotatable bonds is 3. The number of fused-ring (bicyclic) bond motifs is 2. The Balaban J connectivity index is 1.67. The Hall–Kier alpha value is -2.17. The van der Waals surface area contributed by atoms with E-state index < -0.39 is 6.04 Å². The molecular weight excluding hydrogens is 300 g/mol. The minimum Gasteiger partial charge on any atom is -0.368 e. The monoisotopic (exact) mass is 322 g/mol. The van der Waals surface area contributed by atoms with Crippen LogP contribution >= 0.6 is 0 Å². The molecule has 4 heteroatoms. The Morgan fingerprint density at radius 3 is 2.67 bits per heavy atom. The van der Waals surface area contributed by atoms with Gasteiger partial charge in [-0.1, -0.05) is 54.6 Å². The lowest BCUT2D eigenvalue weighted by Crippen LogP contribution is -2.52. The third-order valence-electron chi connectivity index (χ3n) is 5.27. The summed E-state index contributed by atoms with van der Waals surface area (Å²) in [6.07, 6.45) is 1.99. The van der Waals surface area contributed by atoms with Crippen LogP contribution < -0.4 is 5.73 Å². The van der Waals surface area contributed by atoms with Crippen molar-refractivity contribution >= 4 is 5.91 Å². The first-order valence-corrected chi connectivity index (χ1v) is 8.50. The fraction of sp³-hybridized carbons (Fsp3) is 0.350. The number of aryl methyl sites for hydroxylation is 1. The van der Waals surface area contributed by atoms with Gasteiger partial charge in [-0.25, -0.2) is 0 Å². The molecule has 1 fully saturated rings. The molecule has 4 nitrogen and oxygen atoms in total. The van der Waals surface area contributed by atoms with E-state index in [2.05, 4.69) is 29.2 Å². The number of ether oxygens (including phenoxy) is 1. The average molecular weight is 322 g/mol. The van der Waals surface area contributed by atoms with Crippen LogP contribution in [0.4, 0.5) is 0 Å². The predicted molar refractivity (Wildman–Crippen MR) is 92.3 cm³/mol. The lowest BCUT2D eigenvalue weighted by Gasteiger charge is -2.43. The predicted octanol–water partition coefficient (Wildman–Crippen LogP) is 2.39. The van der Waals surface area contributed by atoms with Gasteiger partial charge in [0.05, 0.1) is 6.61 Å². The van der Waals surface area contributed by atoms with Crippen molar-refractivity contribution in [3.05, 3.63) is 71.3 Å². The molecule has 1 aliphatic heterocycles. The second kappa shape index (κ2) is 6.04. The van der Waals surface area contributed by atoms with Gasteiger partial charge < -0.3 is 10.5 Å². The van der Waals surface area contributed by atoms with Crippen molar-refractivity contribution in [2.24, 2.45) is 5.73 Å². The van der Waals surface area contributed by atoms with Gasteiger partial charge in [-0.3, -0.25) is 9.69 Å². The highest BCUT2D eigenvalue weighted by molar-refractivity contribution is 5.81. The van der Waals surface area contributed by atoms with Crippen molar-refractivity contribution in [3.63, 3.8) is 0 Å². The normalized spacial score (nSPS) is 24.7. The first-order valence-electron chi connectivity index (χ1n) is 8.50. The maximum atomic E-state index is 12.2. The molecule has 1 amide bonds. The summed E-state index contributed by atoms with van der Waals surface area (Å²) in [5, 5.41) is 0. The summed E-state index contributed by atoms with van der Waals surface area (Å²) >= 11 is 0. The molecule has 0 radical (unpaired) electrons. The van der Waals surface area contributed by atoms with E-state index in [1.54, 1.807) is 0 Å². The highest BCUT2D eigenvalue weighted by Gasteiger charge is 2.45. The Labute approximate surface area is 142 Å². The third-order valence-corrected chi connectivity index (χ3v) is 5.27. The maximum absolute atomic E-state index is 12.2. The SMILES string of the molecule is NC(=O)[C@@H](c1ccccc1)N1CCO[C@]2(CCc3ccccc32)C1. The number of primary amides is 1. The van der Waals surface area contributed by atoms with Crippen LogP contribution in [0.5, 0.6) is 0 Å². The summed E-state index contributed by atoms with van der Waals surface area (Å²) < 4.78 is 6.26. The summed E-state index contributed by atoms with van der Waals surface area (Å²) in [6.45, 7) is 2.03. The van der Waals surface area contributed by atoms with E-state index in [4.69, 9.17) is 10.5 Å². The van der Waals surface area contributed by atoms with Crippen molar-refractivity contribution in [2.45, 2.75) is 24.5 Å². The molecule has 2 aromatic rings. The Morgan fingerprint density at radius 1 is 1.12 bits per heavy atom. The van der Waals surface area contributed by atoms with Gasteiger partial charge in [0.25, 0.3) is 0 Å². The molecule has 2 aromatic carbocycles. The smallest absolute Gasteiger partial charge is 0.239 e. The van der Waals surface area contributed by atoms with E-state index in [-0.39, 0.29) is 11.5 Å². The van der Waals surface area contributed by atoms with Crippen LogP contribution in [-0.2, 0) is 21.6 Å². The fourth-order valence-corrected chi connectivity index (χ4v) is 4.19. The van der Waals surface area contributed by atoms with E-state index in [1.807, 2.05) is 30.3 Å². The summed E-state index contributed by atoms with van der Waals surface area (Å²) in [7, 11) is 0. The highest BCUT2D eigenvalue weighted by Crippen LogP contribution is 2.43. The largest absolute Gasteiger partial charge is 0.368 e. The van der Waals surface area contributed by atoms with E-state index >= 15 is 0 Å². The van der Waals surface area contributed by atoms with Gasteiger partial charge in [-0.15, -0.1) is 0 Å². The number of amides is 1. The molecule has 2 N–H and O–H groups in total. The molecular formula is C20H22N2O2. The second-order valence-corrected chi connectivity index (χ2v) is 6.69. The van der Waals surface area contributed by atoms with Crippen LogP contribution in [0.25, 0.3) is 0 Å². The lowest BCUT2D eigenvalue weighted by atomic mass is 9.92. The fourth-order valence-electron chi connectivity index (χ4n) is 4.19. The molecule has 4 rings (SSSR count). The Morgan fingerprint density at radius 2 is 1.88 bits per heavy atom. The molecule has 2 aliphatic rings. The van der Waals surface area contributed by atoms with Crippen LogP contribution in [0, 0.1) is 0 Å². The molecule has 1 aliphatic carbocycles. The van der Waals surface area contributed by atoms with E-state index in [0.29, 0.717) is 19.7 Å². The van der Waals surface area contributed by atoms with Gasteiger partial charge in [0.1, 0.15) is 11.6 Å². The van der Waals surface area contributed by atoms with Crippen molar-refractivity contribution in [1.29, 1.82) is 0 Å². The van der Waals surface area contributed by atoms with Gasteiger partial charge in [0.2, 0.25) is 5.91 Å². The molecule has 2 atom stereocenters. The number of nitrogens with two attached hydrogens (primary N) is 1. The molecule has 124 valence electrons. The van der Waals surface area contributed by atoms with Crippen LogP contribution in [0.1, 0.15) is 29.2 Å². The van der Waals surface area contributed by atoms with Crippen LogP contribution in [0.2, 0.25) is 0 Å². The summed E-state index contributed by atoms with van der Waals surface area (Å²) in [5.41, 5.74) is 9.03. The average Bonchev–Trinajstić information content (AvgIpc) is 2.94. The maximum Gasteiger partial charge on any atom is 0.239 e. The number of hydrogen-bond donors (Lipinski definition) is 1. The van der Waals surface area contributed by atoms with E-state index in [0.717, 1.165) is 18.4 Å². The quantitative estimate of drug-likeness (QED) is 0.944. The molecule has 1 heterocycles. The summed E-state index contributed by atoms with van der Waals surface area (Å²) in [5.74, 6) is -0.301. The number of morpholine rings is 1. The Bertz CT molecular complexity index is 742. The first-order chi connectivity index (χ1) is 11.7. The second-order valence-electron chi connectivity index (χ2n) is 6.69. The Kier molecular flexibility index (Phi) is 3.87. The minimum atomic E-state index is -0.403. The van der Waals surface area contributed by atoms with Crippen molar-refractivity contribution < 1.29 is 9.53 Å². The zero-order chi connectivity index (χ0) is 16.6. The van der Waals surface area contributed by atoms with Gasteiger partial charge >= 0.3 is 0 Å². The molecule has 0 bridgehead atoms. The number of carbonyl (C=O) groups excluding carboxylic acids is 1. The molecule has 24 heavy (non-hydrogen) atoms. The molecule has 0 aromatic heterocycles. The lowest BCUT2D eigenvalue weighted by molar-refractivity contribution is -0.140. The molecule has 1 spiro atoms. The van der Waals surface area contributed by atoms with Crippen molar-refractivity contribution in [3.8, 4) is 0 Å². The van der Waals surface area contributed by atoms with E-state index in [1.165, 1.54) is 11.1 Å². The van der Waals surface area contributed by atoms with Crippen LogP contribution in [0.15, 0.2) is 54.6 Å². The standard InChI is InChI=1S/C20H22N2O2/c21-19(23)18(16-7-2-1-3-8-16)22-12-13-24-20(14-22)11-10-15-6-4-5-9-17(15)20/h1-9,18H,10-14H2,(H2,21,23)/t18-,20-/m1/s1. The number of nitrogens with zero attached hydrogens (tertiary/aromatic N) is 1. The topological polar surface area (TPSA) is 55.6 Å². The highest BCUT2D eigenvalue weighted by atomic mass is 16.5. The van der Waals surface area contributed by atoms with Gasteiger partial charge in [-0.05, 0) is 29.5 Å². The van der Waals surface area contributed by atoms with E-state index in [9.17, 15) is 4.79 Å². The molecule has 0 saturated carbocycles. The van der Waals surface area contributed by atoms with Crippen molar-refractivity contribution in [2.75, 3.05) is 19.7 Å². The summed E-state index contributed by atoms with van der Waals surface area (Å²) in [6, 6.07) is 17.9. The van der Waals surface area contributed by atoms with Crippen LogP contribution in [-0.4, -0.2) is 30.5 Å². The summed E-state index contributed by atoms with van der Waals surface area (Å²) in [4.78, 5) is 14.4. The zero-order valence-electron chi connectivity index (χ0n) is 13.7. The van der Waals surface area contributed by atoms with Crippen LogP contribution in [0.3, 0.4) is 0 Å². The van der Waals surface area contributed by atoms with Gasteiger partial charge in [-0.2, -0.15) is 0 Å². The first kappa shape index (κ1) is 15.4. The van der Waals surface area contributed by atoms with Gasteiger partial charge in [0, 0.05) is 13.1 Å².